The van der Waals surface area contributed by atoms with E-state index < -0.39 is 5.82 Å². The molecule has 0 spiro atoms. The van der Waals surface area contributed by atoms with Gasteiger partial charge in [-0.1, -0.05) is 6.07 Å². The number of hydrogen-bond acceptors (Lipinski definition) is 4. The Kier molecular flexibility index (Phi) is 5.90. The fourth-order valence-electron chi connectivity index (χ4n) is 2.94. The molecule has 1 aliphatic rings. The van der Waals surface area contributed by atoms with Gasteiger partial charge in [-0.05, 0) is 36.4 Å². The smallest absolute Gasteiger partial charge is 0.262 e. The van der Waals surface area contributed by atoms with Gasteiger partial charge in [-0.3, -0.25) is 9.59 Å². The third-order valence-corrected chi connectivity index (χ3v) is 4.41. The summed E-state index contributed by atoms with van der Waals surface area (Å²) in [5, 5.41) is 2.75. The second-order valence-corrected chi connectivity index (χ2v) is 6.33. The van der Waals surface area contributed by atoms with Gasteiger partial charge in [-0.15, -0.1) is 0 Å². The first-order valence-electron chi connectivity index (χ1n) is 8.80. The van der Waals surface area contributed by atoms with Crippen molar-refractivity contribution in [2.45, 2.75) is 6.92 Å². The van der Waals surface area contributed by atoms with Crippen molar-refractivity contribution in [2.24, 2.45) is 0 Å². The van der Waals surface area contributed by atoms with Crippen LogP contribution < -0.4 is 15.0 Å². The molecule has 1 fully saturated rings. The lowest BCUT2D eigenvalue weighted by Crippen LogP contribution is -2.48. The van der Waals surface area contributed by atoms with E-state index >= 15 is 0 Å². The van der Waals surface area contributed by atoms with E-state index in [1.54, 1.807) is 13.0 Å². The van der Waals surface area contributed by atoms with Gasteiger partial charge in [0.15, 0.2) is 6.61 Å². The Bertz CT molecular complexity index is 802. The molecule has 0 radical (unpaired) electrons. The number of halogens is 1. The fourth-order valence-corrected chi connectivity index (χ4v) is 2.94. The minimum Gasteiger partial charge on any atom is -0.484 e. The number of nitrogens with zero attached hydrogens (tertiary/aromatic N) is 2. The number of ether oxygens (including phenoxy) is 1. The number of carbonyl (C=O) groups is 2. The van der Waals surface area contributed by atoms with Crippen molar-refractivity contribution in [3.05, 3.63) is 54.3 Å². The first-order chi connectivity index (χ1) is 13.0. The molecule has 27 heavy (non-hydrogen) atoms. The zero-order chi connectivity index (χ0) is 19.2. The molecule has 2 aromatic carbocycles. The second kappa shape index (κ2) is 8.53. The van der Waals surface area contributed by atoms with Crippen LogP contribution >= 0.6 is 0 Å². The van der Waals surface area contributed by atoms with Crippen LogP contribution in [0.15, 0.2) is 48.5 Å². The highest BCUT2D eigenvalue weighted by Crippen LogP contribution is 2.20. The van der Waals surface area contributed by atoms with Crippen LogP contribution in [-0.2, 0) is 9.59 Å². The quantitative estimate of drug-likeness (QED) is 0.877. The van der Waals surface area contributed by atoms with E-state index in [1.165, 1.54) is 18.2 Å². The van der Waals surface area contributed by atoms with Crippen LogP contribution in [-0.4, -0.2) is 49.5 Å². The van der Waals surface area contributed by atoms with E-state index in [0.717, 1.165) is 18.8 Å². The van der Waals surface area contributed by atoms with Crippen molar-refractivity contribution in [3.8, 4) is 5.75 Å². The Morgan fingerprint density at radius 1 is 1.07 bits per heavy atom. The Morgan fingerprint density at radius 2 is 1.78 bits per heavy atom. The summed E-state index contributed by atoms with van der Waals surface area (Å²) in [5.74, 6) is -0.312. The van der Waals surface area contributed by atoms with E-state index in [2.05, 4.69) is 10.2 Å². The highest BCUT2D eigenvalue weighted by molar-refractivity contribution is 5.92. The molecule has 0 atom stereocenters. The van der Waals surface area contributed by atoms with Crippen LogP contribution in [0.3, 0.4) is 0 Å². The first-order valence-corrected chi connectivity index (χ1v) is 8.80. The lowest BCUT2D eigenvalue weighted by molar-refractivity contribution is -0.129. The average Bonchev–Trinajstić information content (AvgIpc) is 2.67. The summed E-state index contributed by atoms with van der Waals surface area (Å²) >= 11 is 0. The zero-order valence-electron chi connectivity index (χ0n) is 15.2. The molecule has 1 N–H and O–H groups in total. The average molecular weight is 371 g/mol. The molecule has 2 amide bonds. The maximum absolute atomic E-state index is 13.1. The van der Waals surface area contributed by atoms with Crippen LogP contribution in [0.2, 0.25) is 0 Å². The Morgan fingerprint density at radius 3 is 2.41 bits per heavy atom. The summed E-state index contributed by atoms with van der Waals surface area (Å²) in [7, 11) is 0. The van der Waals surface area contributed by atoms with Crippen LogP contribution in [0.4, 0.5) is 15.8 Å². The summed E-state index contributed by atoms with van der Waals surface area (Å²) in [6.07, 6.45) is 0. The van der Waals surface area contributed by atoms with Gasteiger partial charge in [-0.25, -0.2) is 4.39 Å². The summed E-state index contributed by atoms with van der Waals surface area (Å²) < 4.78 is 18.4. The summed E-state index contributed by atoms with van der Waals surface area (Å²) in [6.45, 7) is 4.39. The number of benzene rings is 2. The number of amides is 2. The van der Waals surface area contributed by atoms with Crippen LogP contribution in [0.25, 0.3) is 0 Å². The number of nitrogens with one attached hydrogen (secondary N) is 1. The number of hydrogen-bond donors (Lipinski definition) is 1. The van der Waals surface area contributed by atoms with Gasteiger partial charge >= 0.3 is 0 Å². The van der Waals surface area contributed by atoms with Gasteiger partial charge in [0, 0.05) is 50.5 Å². The minimum absolute atomic E-state index is 0.105. The number of anilines is 2. The van der Waals surface area contributed by atoms with E-state index in [1.807, 2.05) is 29.2 Å². The monoisotopic (exact) mass is 371 g/mol. The van der Waals surface area contributed by atoms with Crippen LogP contribution in [0.1, 0.15) is 6.92 Å². The third kappa shape index (κ3) is 5.20. The summed E-state index contributed by atoms with van der Waals surface area (Å²) in [5.41, 5.74) is 1.71. The van der Waals surface area contributed by atoms with Crippen LogP contribution in [0.5, 0.6) is 5.75 Å². The second-order valence-electron chi connectivity index (χ2n) is 6.33. The van der Waals surface area contributed by atoms with Crippen molar-refractivity contribution in [2.75, 3.05) is 43.0 Å². The van der Waals surface area contributed by atoms with E-state index in [9.17, 15) is 14.0 Å². The molecule has 0 bridgehead atoms. The maximum atomic E-state index is 13.1. The fraction of sp³-hybridized carbons (Fsp3) is 0.300. The molecule has 2 aromatic rings. The van der Waals surface area contributed by atoms with Crippen molar-refractivity contribution in [3.63, 3.8) is 0 Å². The molecule has 142 valence electrons. The van der Waals surface area contributed by atoms with Gasteiger partial charge in [0.05, 0.1) is 0 Å². The van der Waals surface area contributed by atoms with E-state index in [0.29, 0.717) is 24.5 Å². The molecular formula is C20H22FN3O3. The number of rotatable bonds is 5. The molecule has 1 aliphatic heterocycles. The molecule has 1 saturated heterocycles. The van der Waals surface area contributed by atoms with Crippen molar-refractivity contribution in [1.29, 1.82) is 0 Å². The number of carbonyl (C=O) groups excluding carboxylic acids is 2. The standard InChI is InChI=1S/C20H22FN3O3/c1-15(25)23-9-11-24(12-10-23)18-7-5-17(6-8-18)22-20(26)14-27-19-4-2-3-16(21)13-19/h2-8,13H,9-12,14H2,1H3,(H,22,26). The molecule has 1 heterocycles. The highest BCUT2D eigenvalue weighted by Gasteiger charge is 2.18. The molecule has 0 aromatic heterocycles. The van der Waals surface area contributed by atoms with Crippen molar-refractivity contribution < 1.29 is 18.7 Å². The predicted molar refractivity (Wildman–Crippen MR) is 101 cm³/mol. The lowest BCUT2D eigenvalue weighted by atomic mass is 10.2. The molecule has 0 unspecified atom stereocenters. The molecule has 3 rings (SSSR count). The molecular weight excluding hydrogens is 349 g/mol. The number of piperazine rings is 1. The Labute approximate surface area is 157 Å². The molecule has 7 heteroatoms. The third-order valence-electron chi connectivity index (χ3n) is 4.41. The maximum Gasteiger partial charge on any atom is 0.262 e. The van der Waals surface area contributed by atoms with Gasteiger partial charge in [0.25, 0.3) is 5.91 Å². The van der Waals surface area contributed by atoms with Crippen molar-refractivity contribution in [1.82, 2.24) is 4.90 Å². The lowest BCUT2D eigenvalue weighted by Gasteiger charge is -2.35. The first kappa shape index (κ1) is 18.7. The minimum atomic E-state index is -0.410. The summed E-state index contributed by atoms with van der Waals surface area (Å²) in [4.78, 5) is 27.4. The van der Waals surface area contributed by atoms with E-state index in [-0.39, 0.29) is 18.4 Å². The summed E-state index contributed by atoms with van der Waals surface area (Å²) in [6, 6.07) is 13.2. The van der Waals surface area contributed by atoms with Gasteiger partial charge in [0.1, 0.15) is 11.6 Å². The van der Waals surface area contributed by atoms with Crippen LogP contribution in [0, 0.1) is 5.82 Å². The van der Waals surface area contributed by atoms with Gasteiger partial charge < -0.3 is 19.9 Å². The van der Waals surface area contributed by atoms with Crippen molar-refractivity contribution >= 4 is 23.2 Å². The normalized spacial score (nSPS) is 14.0. The van der Waals surface area contributed by atoms with Gasteiger partial charge in [-0.2, -0.15) is 0 Å². The molecule has 0 saturated carbocycles. The van der Waals surface area contributed by atoms with Gasteiger partial charge in [0.2, 0.25) is 5.91 Å². The largest absolute Gasteiger partial charge is 0.484 e. The zero-order valence-corrected chi connectivity index (χ0v) is 15.2. The Hall–Kier alpha value is -3.09. The topological polar surface area (TPSA) is 61.9 Å². The SMILES string of the molecule is CC(=O)N1CCN(c2ccc(NC(=O)COc3cccc(F)c3)cc2)CC1. The van der Waals surface area contributed by atoms with E-state index in [4.69, 9.17) is 4.74 Å². The predicted octanol–water partition coefficient (Wildman–Crippen LogP) is 2.51. The molecule has 6 nitrogen and oxygen atoms in total. The Balaban J connectivity index is 1.49. The molecule has 0 aliphatic carbocycles. The highest BCUT2D eigenvalue weighted by atomic mass is 19.1.